The second-order valence-electron chi connectivity index (χ2n) is 9.73. The molecule has 0 aliphatic heterocycles. The smallest absolute Gasteiger partial charge is 0.368 e. The largest absolute Gasteiger partial charge is 0.373 e. The Kier molecular flexibility index (Phi) is 7.47. The summed E-state index contributed by atoms with van der Waals surface area (Å²) in [6.07, 6.45) is 8.43. The highest BCUT2D eigenvalue weighted by Crippen LogP contribution is 2.59. The minimum absolute atomic E-state index is 0.250. The second-order valence-corrected chi connectivity index (χ2v) is 10.1. The van der Waals surface area contributed by atoms with Crippen LogP contribution in [0.15, 0.2) is 30.5 Å². The average molecular weight is 481 g/mol. The Morgan fingerprint density at radius 1 is 1.15 bits per heavy atom. The SMILES string of the molecule is CNC1[C@@H]2CC3C[C@H]1CC(CNc1nc(NCc4ccccc4Cl)ncc1C#N)(C3)C2.O=C=O. The minimum atomic E-state index is 0.250. The molecule has 2 aromatic rings. The third-order valence-corrected chi connectivity index (χ3v) is 8.04. The van der Waals surface area contributed by atoms with E-state index in [0.717, 1.165) is 29.9 Å². The van der Waals surface area contributed by atoms with Crippen molar-refractivity contribution >= 4 is 29.5 Å². The standard InChI is InChI=1S/C24H29ClN6.CO2/c1-27-21-17-6-15-7-18(21)10-24(8-15,9-17)14-30-22-19(11-26)13-29-23(31-22)28-12-16-4-2-3-5-20(16)25;2-1-3/h2-5,13,15,17-18,21,27H,6-10,12,14H2,1H3,(H2,28,29,30,31);/t15?,17-,18+,21?,24?;. The van der Waals surface area contributed by atoms with Crippen LogP contribution in [-0.2, 0) is 16.1 Å². The second kappa shape index (κ2) is 10.5. The molecule has 4 aliphatic carbocycles. The lowest BCUT2D eigenvalue weighted by Crippen LogP contribution is -2.59. The van der Waals surface area contributed by atoms with E-state index in [0.29, 0.717) is 40.4 Å². The minimum Gasteiger partial charge on any atom is -0.368 e. The summed E-state index contributed by atoms with van der Waals surface area (Å²) in [4.78, 5) is 25.2. The number of hydrogen-bond acceptors (Lipinski definition) is 8. The summed E-state index contributed by atoms with van der Waals surface area (Å²) < 4.78 is 0. The fourth-order valence-electron chi connectivity index (χ4n) is 6.65. The third-order valence-electron chi connectivity index (χ3n) is 7.67. The van der Waals surface area contributed by atoms with Crippen molar-refractivity contribution in [3.63, 3.8) is 0 Å². The van der Waals surface area contributed by atoms with Crippen molar-refractivity contribution in [1.82, 2.24) is 15.3 Å². The molecule has 178 valence electrons. The van der Waals surface area contributed by atoms with Gasteiger partial charge in [0.05, 0.1) is 6.20 Å². The van der Waals surface area contributed by atoms with Gasteiger partial charge in [-0.25, -0.2) is 4.98 Å². The van der Waals surface area contributed by atoms with Gasteiger partial charge >= 0.3 is 6.15 Å². The predicted molar refractivity (Wildman–Crippen MR) is 128 cm³/mol. The van der Waals surface area contributed by atoms with E-state index >= 15 is 0 Å². The van der Waals surface area contributed by atoms with Crippen LogP contribution in [0.3, 0.4) is 0 Å². The summed E-state index contributed by atoms with van der Waals surface area (Å²) in [5.74, 6) is 3.55. The number of anilines is 2. The van der Waals surface area contributed by atoms with Crippen LogP contribution in [0.2, 0.25) is 5.02 Å². The third kappa shape index (κ3) is 5.07. The summed E-state index contributed by atoms with van der Waals surface area (Å²) in [7, 11) is 2.12. The van der Waals surface area contributed by atoms with Gasteiger partial charge in [0.15, 0.2) is 0 Å². The fraction of sp³-hybridized carbons (Fsp3) is 0.520. The summed E-state index contributed by atoms with van der Waals surface area (Å²) in [6, 6.07) is 10.6. The lowest BCUT2D eigenvalue weighted by molar-refractivity contribution is -0.191. The molecule has 0 spiro atoms. The van der Waals surface area contributed by atoms with Crippen molar-refractivity contribution in [2.45, 2.75) is 44.7 Å². The van der Waals surface area contributed by atoms with E-state index in [4.69, 9.17) is 21.2 Å². The molecule has 4 bridgehead atoms. The molecule has 0 amide bonds. The number of benzene rings is 1. The van der Waals surface area contributed by atoms with Crippen LogP contribution in [0.4, 0.5) is 11.8 Å². The number of nitrogens with one attached hydrogen (secondary N) is 3. The molecule has 0 radical (unpaired) electrons. The van der Waals surface area contributed by atoms with E-state index in [1.165, 1.54) is 32.1 Å². The molecule has 1 aromatic heterocycles. The van der Waals surface area contributed by atoms with Gasteiger partial charge in [0.1, 0.15) is 17.5 Å². The molecule has 0 saturated heterocycles. The molecule has 9 heteroatoms. The molecule has 4 aliphatic rings. The molecule has 4 saturated carbocycles. The van der Waals surface area contributed by atoms with Gasteiger partial charge in [-0.2, -0.15) is 19.8 Å². The van der Waals surface area contributed by atoms with Gasteiger partial charge in [-0.1, -0.05) is 29.8 Å². The molecule has 3 unspecified atom stereocenters. The lowest BCUT2D eigenvalue weighted by Gasteiger charge is -2.60. The van der Waals surface area contributed by atoms with Gasteiger partial charge in [0.2, 0.25) is 5.95 Å². The maximum Gasteiger partial charge on any atom is 0.373 e. The van der Waals surface area contributed by atoms with Gasteiger partial charge in [0.25, 0.3) is 0 Å². The maximum atomic E-state index is 9.56. The van der Waals surface area contributed by atoms with Gasteiger partial charge in [-0.05, 0) is 74.0 Å². The fourth-order valence-corrected chi connectivity index (χ4v) is 6.85. The van der Waals surface area contributed by atoms with Crippen molar-refractivity contribution in [3.05, 3.63) is 46.6 Å². The van der Waals surface area contributed by atoms with E-state index in [-0.39, 0.29) is 6.15 Å². The molecule has 6 rings (SSSR count). The molecule has 8 nitrogen and oxygen atoms in total. The summed E-state index contributed by atoms with van der Waals surface area (Å²) >= 11 is 6.25. The molecular formula is C25H29ClN6O2. The van der Waals surface area contributed by atoms with E-state index in [1.54, 1.807) is 6.20 Å². The quantitative estimate of drug-likeness (QED) is 0.546. The van der Waals surface area contributed by atoms with Gasteiger partial charge in [-0.15, -0.1) is 0 Å². The summed E-state index contributed by atoms with van der Waals surface area (Å²) in [5, 5.41) is 20.7. The number of rotatable bonds is 7. The first-order chi connectivity index (χ1) is 16.5. The van der Waals surface area contributed by atoms with Crippen molar-refractivity contribution in [2.24, 2.45) is 23.2 Å². The van der Waals surface area contributed by atoms with Crippen LogP contribution in [0, 0.1) is 34.5 Å². The zero-order valence-corrected chi connectivity index (χ0v) is 19.9. The van der Waals surface area contributed by atoms with Crippen LogP contribution in [0.5, 0.6) is 0 Å². The first-order valence-corrected chi connectivity index (χ1v) is 12.0. The van der Waals surface area contributed by atoms with Crippen LogP contribution in [0.25, 0.3) is 0 Å². The van der Waals surface area contributed by atoms with Crippen molar-refractivity contribution < 1.29 is 9.59 Å². The Labute approximate surface area is 204 Å². The highest BCUT2D eigenvalue weighted by molar-refractivity contribution is 6.31. The number of hydrogen-bond donors (Lipinski definition) is 3. The van der Waals surface area contributed by atoms with Crippen molar-refractivity contribution in [1.29, 1.82) is 5.26 Å². The maximum absolute atomic E-state index is 9.56. The van der Waals surface area contributed by atoms with Crippen LogP contribution in [-0.4, -0.2) is 35.8 Å². The van der Waals surface area contributed by atoms with Crippen molar-refractivity contribution in [3.8, 4) is 6.07 Å². The normalized spacial score (nSPS) is 28.3. The number of nitriles is 1. The number of nitrogens with zero attached hydrogens (tertiary/aromatic N) is 3. The number of aromatic nitrogens is 2. The Morgan fingerprint density at radius 2 is 1.85 bits per heavy atom. The highest BCUT2D eigenvalue weighted by atomic mass is 35.5. The Balaban J connectivity index is 0.000000868. The zero-order valence-electron chi connectivity index (χ0n) is 19.2. The van der Waals surface area contributed by atoms with Gasteiger partial charge in [-0.3, -0.25) is 0 Å². The first kappa shape index (κ1) is 24.2. The molecule has 1 heterocycles. The van der Waals surface area contributed by atoms with Gasteiger partial charge < -0.3 is 16.0 Å². The van der Waals surface area contributed by atoms with Crippen LogP contribution < -0.4 is 16.0 Å². The number of halogens is 1. The summed E-state index contributed by atoms with van der Waals surface area (Å²) in [5.41, 5.74) is 1.80. The molecular weight excluding hydrogens is 452 g/mol. The predicted octanol–water partition coefficient (Wildman–Crippen LogP) is 3.86. The van der Waals surface area contributed by atoms with Crippen molar-refractivity contribution in [2.75, 3.05) is 24.2 Å². The molecule has 1 aromatic carbocycles. The molecule has 4 fully saturated rings. The van der Waals surface area contributed by atoms with E-state index in [9.17, 15) is 5.26 Å². The highest BCUT2D eigenvalue weighted by Gasteiger charge is 2.54. The Hall–Kier alpha value is -2.98. The first-order valence-electron chi connectivity index (χ1n) is 11.7. The van der Waals surface area contributed by atoms with Crippen LogP contribution in [0.1, 0.15) is 43.2 Å². The lowest BCUT2D eigenvalue weighted by atomic mass is 9.48. The molecule has 3 N–H and O–H groups in total. The molecule has 34 heavy (non-hydrogen) atoms. The zero-order chi connectivity index (χ0) is 24.1. The number of carbonyl (C=O) groups excluding carboxylic acids is 2. The Morgan fingerprint density at radius 3 is 2.50 bits per heavy atom. The Bertz CT molecular complexity index is 1080. The monoisotopic (exact) mass is 480 g/mol. The van der Waals surface area contributed by atoms with E-state index in [2.05, 4.69) is 39.0 Å². The van der Waals surface area contributed by atoms with E-state index in [1.807, 2.05) is 24.3 Å². The average Bonchev–Trinajstić information content (AvgIpc) is 2.82. The summed E-state index contributed by atoms with van der Waals surface area (Å²) in [6.45, 7) is 1.41. The molecule has 5 atom stereocenters. The van der Waals surface area contributed by atoms with Crippen LogP contribution >= 0.6 is 11.6 Å². The topological polar surface area (TPSA) is 120 Å². The van der Waals surface area contributed by atoms with E-state index < -0.39 is 0 Å². The van der Waals surface area contributed by atoms with Gasteiger partial charge in [0, 0.05) is 24.2 Å².